The Morgan fingerprint density at radius 3 is 2.32 bits per heavy atom. The lowest BCUT2D eigenvalue weighted by Gasteiger charge is -2.35. The first-order chi connectivity index (χ1) is 14.8. The molecule has 1 N–H and O–H groups in total. The van der Waals surface area contributed by atoms with Gasteiger partial charge < -0.3 is 15.1 Å². The van der Waals surface area contributed by atoms with Crippen LogP contribution in [0.1, 0.15) is 10.4 Å². The molecule has 0 aliphatic carbocycles. The average molecular weight is 464 g/mol. The largest absolute Gasteiger partial charge is 0.354 e. The van der Waals surface area contributed by atoms with Gasteiger partial charge in [0.2, 0.25) is 15.9 Å². The van der Waals surface area contributed by atoms with Crippen LogP contribution in [0, 0.1) is 0 Å². The van der Waals surface area contributed by atoms with Crippen LogP contribution >= 0.6 is 11.6 Å². The van der Waals surface area contributed by atoms with Crippen molar-refractivity contribution < 1.29 is 18.0 Å². The van der Waals surface area contributed by atoms with Crippen molar-refractivity contribution in [1.82, 2.24) is 19.5 Å². The van der Waals surface area contributed by atoms with Gasteiger partial charge >= 0.3 is 0 Å². The summed E-state index contributed by atoms with van der Waals surface area (Å²) in [6, 6.07) is 9.52. The smallest absolute Gasteiger partial charge is 0.253 e. The van der Waals surface area contributed by atoms with Crippen molar-refractivity contribution in [3.63, 3.8) is 0 Å². The SMILES string of the molecule is O=C1CN(S(=O)(=O)c2ccc(C(=O)N3CCN(c4ccc(Cl)cn4)CC3)cc2)CCN1. The van der Waals surface area contributed by atoms with Gasteiger partial charge in [0.25, 0.3) is 5.91 Å². The Balaban J connectivity index is 1.39. The molecular formula is C20H22ClN5O4S. The van der Waals surface area contributed by atoms with E-state index in [9.17, 15) is 18.0 Å². The van der Waals surface area contributed by atoms with Crippen molar-refractivity contribution in [2.24, 2.45) is 0 Å². The molecule has 0 saturated carbocycles. The number of anilines is 1. The quantitative estimate of drug-likeness (QED) is 0.720. The van der Waals surface area contributed by atoms with Crippen molar-refractivity contribution >= 4 is 39.3 Å². The summed E-state index contributed by atoms with van der Waals surface area (Å²) in [5.41, 5.74) is 0.424. The van der Waals surface area contributed by atoms with Gasteiger partial charge in [0.05, 0.1) is 16.5 Å². The molecule has 0 unspecified atom stereocenters. The number of nitrogens with one attached hydrogen (secondary N) is 1. The second kappa shape index (κ2) is 8.81. The first kappa shape index (κ1) is 21.5. The van der Waals surface area contributed by atoms with E-state index in [0.29, 0.717) is 36.8 Å². The third-order valence-corrected chi connectivity index (χ3v) is 7.43. The molecular weight excluding hydrogens is 442 g/mol. The molecule has 1 aromatic heterocycles. The highest BCUT2D eigenvalue weighted by Gasteiger charge is 2.29. The zero-order chi connectivity index (χ0) is 22.0. The number of aromatic nitrogens is 1. The number of carbonyl (C=O) groups is 2. The predicted molar refractivity (Wildman–Crippen MR) is 116 cm³/mol. The number of benzene rings is 1. The summed E-state index contributed by atoms with van der Waals surface area (Å²) in [6.45, 7) is 2.66. The van der Waals surface area contributed by atoms with E-state index in [0.717, 1.165) is 10.1 Å². The van der Waals surface area contributed by atoms with Gasteiger partial charge in [-0.3, -0.25) is 9.59 Å². The number of pyridine rings is 1. The number of carbonyl (C=O) groups excluding carboxylic acids is 2. The fourth-order valence-electron chi connectivity index (χ4n) is 3.62. The van der Waals surface area contributed by atoms with Gasteiger partial charge in [0.15, 0.2) is 0 Å². The highest BCUT2D eigenvalue weighted by atomic mass is 35.5. The van der Waals surface area contributed by atoms with E-state index < -0.39 is 10.0 Å². The average Bonchev–Trinajstić information content (AvgIpc) is 2.79. The summed E-state index contributed by atoms with van der Waals surface area (Å²) < 4.78 is 26.6. The number of nitrogens with zero attached hydrogens (tertiary/aromatic N) is 4. The molecule has 164 valence electrons. The summed E-state index contributed by atoms with van der Waals surface area (Å²) in [6.07, 6.45) is 1.60. The fraction of sp³-hybridized carbons (Fsp3) is 0.350. The first-order valence-electron chi connectivity index (χ1n) is 9.87. The van der Waals surface area contributed by atoms with Crippen LogP contribution in [-0.4, -0.2) is 80.2 Å². The van der Waals surface area contributed by atoms with Crippen LogP contribution in [-0.2, 0) is 14.8 Å². The Morgan fingerprint density at radius 1 is 1.00 bits per heavy atom. The van der Waals surface area contributed by atoms with Gasteiger partial charge in [-0.05, 0) is 36.4 Å². The van der Waals surface area contributed by atoms with Crippen LogP contribution < -0.4 is 10.2 Å². The molecule has 31 heavy (non-hydrogen) atoms. The number of piperazine rings is 2. The van der Waals surface area contributed by atoms with Gasteiger partial charge in [-0.15, -0.1) is 0 Å². The highest BCUT2D eigenvalue weighted by molar-refractivity contribution is 7.89. The minimum atomic E-state index is -3.78. The predicted octanol–water partition coefficient (Wildman–Crippen LogP) is 0.818. The van der Waals surface area contributed by atoms with Crippen molar-refractivity contribution in [2.45, 2.75) is 4.90 Å². The maximum absolute atomic E-state index is 12.9. The summed E-state index contributed by atoms with van der Waals surface area (Å²) in [7, 11) is -3.78. The maximum atomic E-state index is 12.9. The number of rotatable bonds is 4. The number of sulfonamides is 1. The lowest BCUT2D eigenvalue weighted by atomic mass is 10.2. The molecule has 2 aliphatic rings. The lowest BCUT2D eigenvalue weighted by molar-refractivity contribution is -0.122. The Hall–Kier alpha value is -2.69. The van der Waals surface area contributed by atoms with Crippen LogP contribution in [0.4, 0.5) is 5.82 Å². The molecule has 2 amide bonds. The highest BCUT2D eigenvalue weighted by Crippen LogP contribution is 2.20. The summed E-state index contributed by atoms with van der Waals surface area (Å²) >= 11 is 5.88. The minimum absolute atomic E-state index is 0.0670. The molecule has 0 atom stereocenters. The molecule has 2 aliphatic heterocycles. The lowest BCUT2D eigenvalue weighted by Crippen LogP contribution is -2.49. The first-order valence-corrected chi connectivity index (χ1v) is 11.7. The van der Waals surface area contributed by atoms with E-state index in [2.05, 4.69) is 15.2 Å². The van der Waals surface area contributed by atoms with Gasteiger partial charge in [-0.1, -0.05) is 11.6 Å². The molecule has 2 fully saturated rings. The fourth-order valence-corrected chi connectivity index (χ4v) is 5.12. The van der Waals surface area contributed by atoms with Crippen LogP contribution in [0.5, 0.6) is 0 Å². The molecule has 4 rings (SSSR count). The Bertz CT molecular complexity index is 1070. The Morgan fingerprint density at radius 2 is 1.71 bits per heavy atom. The summed E-state index contributed by atoms with van der Waals surface area (Å²) in [5.74, 6) is 0.344. The van der Waals surface area contributed by atoms with Crippen molar-refractivity contribution in [3.05, 3.63) is 53.2 Å². The number of amides is 2. The van der Waals surface area contributed by atoms with Gasteiger partial charge in [0.1, 0.15) is 5.82 Å². The summed E-state index contributed by atoms with van der Waals surface area (Å²) in [4.78, 5) is 32.6. The normalized spacial score (nSPS) is 18.0. The van der Waals surface area contributed by atoms with Gasteiger partial charge in [-0.25, -0.2) is 13.4 Å². The second-order valence-electron chi connectivity index (χ2n) is 7.33. The molecule has 3 heterocycles. The topological polar surface area (TPSA) is 103 Å². The van der Waals surface area contributed by atoms with E-state index in [4.69, 9.17) is 11.6 Å². The number of halogens is 1. The molecule has 0 bridgehead atoms. The van der Waals surface area contributed by atoms with Crippen LogP contribution in [0.15, 0.2) is 47.5 Å². The van der Waals surface area contributed by atoms with E-state index in [-0.39, 0.29) is 36.3 Å². The summed E-state index contributed by atoms with van der Waals surface area (Å²) in [5, 5.41) is 3.18. The molecule has 9 nitrogen and oxygen atoms in total. The monoisotopic (exact) mass is 463 g/mol. The Kier molecular flexibility index (Phi) is 6.12. The molecule has 11 heteroatoms. The molecule has 0 radical (unpaired) electrons. The minimum Gasteiger partial charge on any atom is -0.354 e. The van der Waals surface area contributed by atoms with Gasteiger partial charge in [-0.2, -0.15) is 4.31 Å². The molecule has 2 aromatic rings. The van der Waals surface area contributed by atoms with E-state index >= 15 is 0 Å². The van der Waals surface area contributed by atoms with E-state index in [1.807, 2.05) is 6.07 Å². The molecule has 0 spiro atoms. The van der Waals surface area contributed by atoms with E-state index in [1.54, 1.807) is 17.2 Å². The second-order valence-corrected chi connectivity index (χ2v) is 9.70. The van der Waals surface area contributed by atoms with Crippen LogP contribution in [0.2, 0.25) is 5.02 Å². The van der Waals surface area contributed by atoms with Crippen LogP contribution in [0.3, 0.4) is 0 Å². The Labute approximate surface area is 185 Å². The maximum Gasteiger partial charge on any atom is 0.253 e. The zero-order valence-electron chi connectivity index (χ0n) is 16.7. The van der Waals surface area contributed by atoms with Crippen molar-refractivity contribution in [3.8, 4) is 0 Å². The standard InChI is InChI=1S/C20H22ClN5O4S/c21-16-3-6-18(23-13-16)24-9-11-25(12-10-24)20(28)15-1-4-17(5-2-15)31(29,30)26-8-7-22-19(27)14-26/h1-6,13H,7-12,14H2,(H,22,27). The van der Waals surface area contributed by atoms with E-state index in [1.165, 1.54) is 24.3 Å². The molecule has 1 aromatic carbocycles. The number of hydrogen-bond acceptors (Lipinski definition) is 6. The number of hydrogen-bond donors (Lipinski definition) is 1. The van der Waals surface area contributed by atoms with Crippen molar-refractivity contribution in [2.75, 3.05) is 50.7 Å². The van der Waals surface area contributed by atoms with Crippen LogP contribution in [0.25, 0.3) is 0 Å². The molecule has 2 saturated heterocycles. The zero-order valence-corrected chi connectivity index (χ0v) is 18.3. The van der Waals surface area contributed by atoms with Crippen molar-refractivity contribution in [1.29, 1.82) is 0 Å². The van der Waals surface area contributed by atoms with Gasteiger partial charge in [0, 0.05) is 51.0 Å². The third-order valence-electron chi connectivity index (χ3n) is 5.35. The third kappa shape index (κ3) is 4.65.